The SMILES string of the molecule is CCN(CC)CCS(=O)(=O)[C@@H]1CCN2C(=O)c3coc(n3)CC(=O)C[C@H](O)/C=C(C)/C=C/CNC(=O)/C=C/C(C)(O)[C@@H](C(C)C)OC(=O)[C@@H]12. The maximum Gasteiger partial charge on any atom is 0.330 e. The normalized spacial score (nSPS) is 29.3. The smallest absolute Gasteiger partial charge is 0.330 e. The first-order valence-corrected chi connectivity index (χ1v) is 18.3. The van der Waals surface area contributed by atoms with Crippen molar-refractivity contribution >= 4 is 33.4 Å². The summed E-state index contributed by atoms with van der Waals surface area (Å²) in [6.07, 6.45) is 5.18. The molecule has 0 spiro atoms. The standard InChI is InChI=1S/C34H50N4O10S/c1-7-37(8-2)16-17-49(45,46)27-12-15-38-30(27)33(43)48-31(22(3)4)34(6,44)13-11-28(41)35-14-9-10-23(5)18-24(39)19-25(40)20-29-36-26(21-47-29)32(38)42/h9-11,13,18,21-22,24,27,30-31,39,44H,7-8,12,14-17,19-20H2,1-6H3,(H,35,41)/b10-9+,13-11+,23-18+/t24-,27-,30-,31-,34?/m1/s1. The lowest BCUT2D eigenvalue weighted by Crippen LogP contribution is -2.53. The highest BCUT2D eigenvalue weighted by Crippen LogP contribution is 2.31. The fraction of sp³-hybridized carbons (Fsp3) is 0.618. The zero-order valence-corrected chi connectivity index (χ0v) is 29.9. The predicted octanol–water partition coefficient (Wildman–Crippen LogP) is 1.38. The van der Waals surface area contributed by atoms with Crippen LogP contribution in [0.5, 0.6) is 0 Å². The van der Waals surface area contributed by atoms with Gasteiger partial charge in [-0.05, 0) is 45.4 Å². The summed E-state index contributed by atoms with van der Waals surface area (Å²) in [7, 11) is -3.95. The number of amides is 2. The molecule has 3 rings (SSSR count). The van der Waals surface area contributed by atoms with Gasteiger partial charge in [0.25, 0.3) is 5.91 Å². The minimum absolute atomic E-state index is 0.0443. The van der Waals surface area contributed by atoms with E-state index in [9.17, 15) is 37.8 Å². The topological polar surface area (TPSA) is 197 Å². The second-order valence-electron chi connectivity index (χ2n) is 13.0. The molecule has 0 aliphatic carbocycles. The molecule has 49 heavy (non-hydrogen) atoms. The molecule has 3 heterocycles. The Bertz CT molecular complexity index is 1540. The lowest BCUT2D eigenvalue weighted by Gasteiger charge is -2.35. The first-order chi connectivity index (χ1) is 23.0. The monoisotopic (exact) mass is 706 g/mol. The van der Waals surface area contributed by atoms with E-state index in [1.54, 1.807) is 32.9 Å². The number of aliphatic hydroxyl groups is 2. The largest absolute Gasteiger partial charge is 0.457 e. The van der Waals surface area contributed by atoms with Crippen molar-refractivity contribution in [2.75, 3.05) is 38.5 Å². The van der Waals surface area contributed by atoms with E-state index in [0.717, 1.165) is 17.2 Å². The Hall–Kier alpha value is -3.66. The molecule has 3 N–H and O–H groups in total. The summed E-state index contributed by atoms with van der Waals surface area (Å²) in [4.78, 5) is 60.2. The van der Waals surface area contributed by atoms with Crippen molar-refractivity contribution in [1.29, 1.82) is 0 Å². The van der Waals surface area contributed by atoms with Crippen molar-refractivity contribution in [3.8, 4) is 0 Å². The second kappa shape index (κ2) is 17.3. The summed E-state index contributed by atoms with van der Waals surface area (Å²) in [5.41, 5.74) is -1.45. The number of ether oxygens (including phenoxy) is 1. The van der Waals surface area contributed by atoms with E-state index in [2.05, 4.69) is 10.3 Å². The number of aliphatic hydroxyl groups excluding tert-OH is 1. The number of aromatic nitrogens is 1. The minimum atomic E-state index is -3.95. The van der Waals surface area contributed by atoms with E-state index in [4.69, 9.17) is 9.15 Å². The first kappa shape index (κ1) is 39.8. The highest BCUT2D eigenvalue weighted by Gasteiger charge is 2.51. The summed E-state index contributed by atoms with van der Waals surface area (Å²) in [6, 6.07) is -1.57. The van der Waals surface area contributed by atoms with Gasteiger partial charge in [0.15, 0.2) is 15.5 Å². The number of sulfone groups is 1. The van der Waals surface area contributed by atoms with Crippen molar-refractivity contribution in [2.45, 2.75) is 89.9 Å². The van der Waals surface area contributed by atoms with Gasteiger partial charge in [-0.2, -0.15) is 0 Å². The van der Waals surface area contributed by atoms with Gasteiger partial charge in [-0.15, -0.1) is 0 Å². The Morgan fingerprint density at radius 2 is 1.86 bits per heavy atom. The highest BCUT2D eigenvalue weighted by molar-refractivity contribution is 7.92. The molecule has 15 heteroatoms. The third-order valence-electron chi connectivity index (χ3n) is 8.68. The van der Waals surface area contributed by atoms with E-state index >= 15 is 0 Å². The van der Waals surface area contributed by atoms with Gasteiger partial charge in [-0.1, -0.05) is 51.5 Å². The summed E-state index contributed by atoms with van der Waals surface area (Å²) < 4.78 is 38.7. The van der Waals surface area contributed by atoms with Crippen LogP contribution in [-0.2, 0) is 35.4 Å². The Morgan fingerprint density at radius 1 is 1.16 bits per heavy atom. The average Bonchev–Trinajstić information content (AvgIpc) is 3.68. The van der Waals surface area contributed by atoms with E-state index in [-0.39, 0.29) is 56.2 Å². The van der Waals surface area contributed by atoms with E-state index < -0.39 is 68.4 Å². The molecule has 1 unspecified atom stereocenters. The first-order valence-electron chi connectivity index (χ1n) is 16.6. The van der Waals surface area contributed by atoms with Gasteiger partial charge >= 0.3 is 5.97 Å². The molecule has 2 aliphatic rings. The number of ketones is 1. The third-order valence-corrected chi connectivity index (χ3v) is 10.8. The van der Waals surface area contributed by atoms with Gasteiger partial charge < -0.3 is 34.5 Å². The van der Waals surface area contributed by atoms with Crippen LogP contribution in [0.2, 0.25) is 0 Å². The number of carbonyl (C=O) groups is 4. The molecule has 2 amide bonds. The molecule has 2 bridgehead atoms. The molecule has 1 aromatic rings. The maximum atomic E-state index is 14.0. The summed E-state index contributed by atoms with van der Waals surface area (Å²) in [5.74, 6) is -3.60. The van der Waals surface area contributed by atoms with Crippen LogP contribution < -0.4 is 5.32 Å². The molecule has 1 fully saturated rings. The van der Waals surface area contributed by atoms with E-state index in [1.165, 1.54) is 19.1 Å². The van der Waals surface area contributed by atoms with Crippen LogP contribution in [0.4, 0.5) is 0 Å². The summed E-state index contributed by atoms with van der Waals surface area (Å²) >= 11 is 0. The van der Waals surface area contributed by atoms with Crippen LogP contribution in [0.25, 0.3) is 0 Å². The van der Waals surface area contributed by atoms with Crippen molar-refractivity contribution < 1.29 is 47.0 Å². The van der Waals surface area contributed by atoms with Crippen LogP contribution in [0.3, 0.4) is 0 Å². The van der Waals surface area contributed by atoms with Gasteiger partial charge in [0.1, 0.15) is 29.8 Å². The average molecular weight is 707 g/mol. The predicted molar refractivity (Wildman–Crippen MR) is 181 cm³/mol. The summed E-state index contributed by atoms with van der Waals surface area (Å²) in [6.45, 7) is 11.8. The second-order valence-corrected chi connectivity index (χ2v) is 15.3. The number of esters is 1. The Morgan fingerprint density at radius 3 is 2.51 bits per heavy atom. The van der Waals surface area contributed by atoms with Crippen LogP contribution in [0.1, 0.15) is 70.8 Å². The Labute approximate surface area is 288 Å². The number of cyclic esters (lactones) is 1. The van der Waals surface area contributed by atoms with E-state index in [0.29, 0.717) is 18.7 Å². The molecule has 5 atom stereocenters. The number of hydrogen-bond donors (Lipinski definition) is 3. The molecule has 14 nitrogen and oxygen atoms in total. The molecule has 0 saturated carbocycles. The number of carbonyl (C=O) groups excluding carboxylic acids is 4. The summed E-state index contributed by atoms with van der Waals surface area (Å²) in [5, 5.41) is 23.1. The van der Waals surface area contributed by atoms with Crippen molar-refractivity contribution in [3.05, 3.63) is 53.8 Å². The Kier molecular flexibility index (Phi) is 14.1. The minimum Gasteiger partial charge on any atom is -0.457 e. The van der Waals surface area contributed by atoms with Gasteiger partial charge in [0.05, 0.1) is 23.5 Å². The number of allylic oxidation sites excluding steroid dienone is 2. The molecule has 2 aliphatic heterocycles. The van der Waals surface area contributed by atoms with Gasteiger partial charge in [0, 0.05) is 32.1 Å². The van der Waals surface area contributed by atoms with Crippen molar-refractivity contribution in [2.24, 2.45) is 5.92 Å². The fourth-order valence-corrected chi connectivity index (χ4v) is 7.98. The fourth-order valence-electron chi connectivity index (χ4n) is 6.05. The van der Waals surface area contributed by atoms with Gasteiger partial charge in [0.2, 0.25) is 11.8 Å². The molecule has 1 aromatic heterocycles. The number of nitrogens with one attached hydrogen (secondary N) is 1. The molecule has 1 saturated heterocycles. The van der Waals surface area contributed by atoms with Crippen LogP contribution in [0, 0.1) is 5.92 Å². The van der Waals surface area contributed by atoms with Gasteiger partial charge in [-0.25, -0.2) is 18.2 Å². The molecule has 272 valence electrons. The maximum absolute atomic E-state index is 14.0. The van der Waals surface area contributed by atoms with Crippen molar-refractivity contribution in [1.82, 2.24) is 20.1 Å². The van der Waals surface area contributed by atoms with Crippen LogP contribution in [-0.4, -0.2) is 125 Å². The lowest BCUT2D eigenvalue weighted by molar-refractivity contribution is -0.168. The third kappa shape index (κ3) is 10.9. The zero-order chi connectivity index (χ0) is 36.5. The molecule has 0 aromatic carbocycles. The van der Waals surface area contributed by atoms with Gasteiger partial charge in [-0.3, -0.25) is 14.4 Å². The molecular weight excluding hydrogens is 656 g/mol. The lowest BCUT2D eigenvalue weighted by atomic mass is 9.89. The van der Waals surface area contributed by atoms with E-state index in [1.807, 2.05) is 18.7 Å². The highest BCUT2D eigenvalue weighted by atomic mass is 32.2. The number of rotatable bonds is 7. The zero-order valence-electron chi connectivity index (χ0n) is 29.1. The quantitative estimate of drug-likeness (QED) is 0.345. The number of Topliss-reactive ketones (excluding diaryl/α,β-unsaturated/α-hetero) is 1. The van der Waals surface area contributed by atoms with Crippen molar-refractivity contribution in [3.63, 3.8) is 0 Å². The van der Waals surface area contributed by atoms with Crippen LogP contribution >= 0.6 is 0 Å². The molecule has 0 radical (unpaired) electrons. The number of fused-ring (bicyclic) bond motifs is 3. The van der Waals surface area contributed by atoms with Crippen LogP contribution in [0.15, 0.2) is 46.6 Å². The Balaban J connectivity index is 2.04. The number of hydrogen-bond acceptors (Lipinski definition) is 12. The number of nitrogens with zero attached hydrogens (tertiary/aromatic N) is 3. The molecular formula is C34H50N4O10S. The number of oxazole rings is 1.